The minimum atomic E-state index is -0.652. The molecule has 7 nitrogen and oxygen atoms in total. The van der Waals surface area contributed by atoms with Crippen molar-refractivity contribution in [3.63, 3.8) is 0 Å². The van der Waals surface area contributed by atoms with Crippen LogP contribution in [0.15, 0.2) is 24.3 Å². The Morgan fingerprint density at radius 2 is 2.05 bits per heavy atom. The second kappa shape index (κ2) is 6.65. The monoisotopic (exact) mass is 289 g/mol. The molecular formula is C14H15N3O4. The van der Waals surface area contributed by atoms with Gasteiger partial charge in [0.15, 0.2) is 6.29 Å². The number of methoxy groups -OCH3 is 1. The number of benzene rings is 1. The molecule has 0 spiro atoms. The van der Waals surface area contributed by atoms with Gasteiger partial charge in [0, 0.05) is 0 Å². The molecule has 0 bridgehead atoms. The predicted octanol–water partition coefficient (Wildman–Crippen LogP) is 1.32. The Labute approximate surface area is 121 Å². The summed E-state index contributed by atoms with van der Waals surface area (Å²) in [5.41, 5.74) is 0.934. The molecule has 0 aliphatic heterocycles. The van der Waals surface area contributed by atoms with Gasteiger partial charge < -0.3 is 9.47 Å². The summed E-state index contributed by atoms with van der Waals surface area (Å²) in [4.78, 5) is 22.8. The summed E-state index contributed by atoms with van der Waals surface area (Å²) < 4.78 is 11.3. The Morgan fingerprint density at radius 3 is 2.62 bits per heavy atom. The first-order valence-electron chi connectivity index (χ1n) is 6.38. The summed E-state index contributed by atoms with van der Waals surface area (Å²) in [5.74, 6) is 0.0840. The molecule has 0 saturated carbocycles. The van der Waals surface area contributed by atoms with Crippen LogP contribution in [0, 0.1) is 0 Å². The second-order valence-corrected chi connectivity index (χ2v) is 4.17. The number of esters is 1. The molecule has 0 fully saturated rings. The maximum absolute atomic E-state index is 11.7. The number of nitrogens with zero attached hydrogens (tertiary/aromatic N) is 3. The number of ether oxygens (including phenoxy) is 2. The maximum atomic E-state index is 11.7. The van der Waals surface area contributed by atoms with Gasteiger partial charge in [-0.1, -0.05) is 17.3 Å². The lowest BCUT2D eigenvalue weighted by Crippen LogP contribution is -2.11. The molecule has 0 radical (unpaired) electrons. The third kappa shape index (κ3) is 3.25. The predicted molar refractivity (Wildman–Crippen MR) is 73.5 cm³/mol. The van der Waals surface area contributed by atoms with Crippen molar-refractivity contribution in [1.29, 1.82) is 0 Å². The summed E-state index contributed by atoms with van der Waals surface area (Å²) in [5, 5.41) is 7.55. The lowest BCUT2D eigenvalue weighted by atomic mass is 10.2. The smallest absolute Gasteiger partial charge is 0.361 e. The zero-order chi connectivity index (χ0) is 15.2. The standard InChI is InChI=1S/C14H15N3O4/c1-3-21-14(19)13-12(9-18)17(16-15-13)8-10-4-6-11(20-2)7-5-10/h4-7,9H,3,8H2,1-2H3. The molecule has 7 heteroatoms. The molecule has 110 valence electrons. The van der Waals surface area contributed by atoms with E-state index in [1.165, 1.54) is 4.68 Å². The van der Waals surface area contributed by atoms with Crippen LogP contribution in [-0.2, 0) is 11.3 Å². The Morgan fingerprint density at radius 1 is 1.33 bits per heavy atom. The molecule has 0 saturated heterocycles. The van der Waals surface area contributed by atoms with E-state index in [-0.39, 0.29) is 18.0 Å². The molecule has 0 aliphatic rings. The van der Waals surface area contributed by atoms with Gasteiger partial charge in [-0.2, -0.15) is 0 Å². The van der Waals surface area contributed by atoms with Crippen LogP contribution in [0.25, 0.3) is 0 Å². The molecule has 1 heterocycles. The van der Waals surface area contributed by atoms with Gasteiger partial charge in [-0.3, -0.25) is 4.79 Å². The van der Waals surface area contributed by atoms with Crippen LogP contribution in [0.4, 0.5) is 0 Å². The summed E-state index contributed by atoms with van der Waals surface area (Å²) in [6.07, 6.45) is 0.551. The molecule has 1 aromatic heterocycles. The van der Waals surface area contributed by atoms with Crippen molar-refractivity contribution in [2.24, 2.45) is 0 Å². The average molecular weight is 289 g/mol. The van der Waals surface area contributed by atoms with E-state index in [0.29, 0.717) is 12.8 Å². The van der Waals surface area contributed by atoms with Crippen molar-refractivity contribution in [2.45, 2.75) is 13.5 Å². The highest BCUT2D eigenvalue weighted by Crippen LogP contribution is 2.13. The molecule has 2 rings (SSSR count). The largest absolute Gasteiger partial charge is 0.497 e. The number of hydrogen-bond donors (Lipinski definition) is 0. The van der Waals surface area contributed by atoms with Crippen molar-refractivity contribution in [1.82, 2.24) is 15.0 Å². The van der Waals surface area contributed by atoms with E-state index in [1.54, 1.807) is 26.2 Å². The zero-order valence-corrected chi connectivity index (χ0v) is 11.8. The number of aromatic nitrogens is 3. The van der Waals surface area contributed by atoms with E-state index in [0.717, 1.165) is 11.3 Å². The fourth-order valence-electron chi connectivity index (χ4n) is 1.80. The Bertz CT molecular complexity index is 634. The van der Waals surface area contributed by atoms with E-state index in [9.17, 15) is 9.59 Å². The van der Waals surface area contributed by atoms with Gasteiger partial charge in [0.05, 0.1) is 20.3 Å². The molecule has 0 amide bonds. The quantitative estimate of drug-likeness (QED) is 0.589. The van der Waals surface area contributed by atoms with Crippen LogP contribution >= 0.6 is 0 Å². The fraction of sp³-hybridized carbons (Fsp3) is 0.286. The molecule has 2 aromatic rings. The molecule has 0 unspecified atom stereocenters. The molecule has 21 heavy (non-hydrogen) atoms. The van der Waals surface area contributed by atoms with Crippen LogP contribution in [0.3, 0.4) is 0 Å². The summed E-state index contributed by atoms with van der Waals surface area (Å²) >= 11 is 0. The highest BCUT2D eigenvalue weighted by atomic mass is 16.5. The van der Waals surface area contributed by atoms with Gasteiger partial charge in [0.25, 0.3) is 0 Å². The van der Waals surface area contributed by atoms with Crippen molar-refractivity contribution >= 4 is 12.3 Å². The first kappa shape index (κ1) is 14.7. The van der Waals surface area contributed by atoms with Crippen LogP contribution in [0.2, 0.25) is 0 Å². The van der Waals surface area contributed by atoms with E-state index >= 15 is 0 Å². The van der Waals surface area contributed by atoms with Crippen LogP contribution in [0.5, 0.6) is 5.75 Å². The molecule has 1 aromatic carbocycles. The zero-order valence-electron chi connectivity index (χ0n) is 11.8. The Kier molecular flexibility index (Phi) is 4.65. The van der Waals surface area contributed by atoms with E-state index < -0.39 is 5.97 Å². The molecule has 0 atom stereocenters. The molecule has 0 N–H and O–H groups in total. The first-order valence-corrected chi connectivity index (χ1v) is 6.38. The lowest BCUT2D eigenvalue weighted by Gasteiger charge is -2.05. The number of hydrogen-bond acceptors (Lipinski definition) is 6. The third-order valence-electron chi connectivity index (χ3n) is 2.85. The normalized spacial score (nSPS) is 10.2. The van der Waals surface area contributed by atoms with Gasteiger partial charge in [-0.05, 0) is 24.6 Å². The third-order valence-corrected chi connectivity index (χ3v) is 2.85. The lowest BCUT2D eigenvalue weighted by molar-refractivity contribution is 0.0517. The van der Waals surface area contributed by atoms with Crippen molar-refractivity contribution in [3.8, 4) is 5.75 Å². The number of aldehydes is 1. The van der Waals surface area contributed by atoms with Gasteiger partial charge in [0.1, 0.15) is 11.4 Å². The van der Waals surface area contributed by atoms with E-state index in [2.05, 4.69) is 10.3 Å². The Hall–Kier alpha value is -2.70. The minimum absolute atomic E-state index is 0.0691. The van der Waals surface area contributed by atoms with Gasteiger partial charge in [0.2, 0.25) is 5.69 Å². The SMILES string of the molecule is CCOC(=O)c1nnn(Cc2ccc(OC)cc2)c1C=O. The molecule has 0 aliphatic carbocycles. The number of carbonyl (C=O) groups excluding carboxylic acids is 2. The van der Waals surface area contributed by atoms with Gasteiger partial charge >= 0.3 is 5.97 Å². The van der Waals surface area contributed by atoms with Crippen LogP contribution in [0.1, 0.15) is 33.5 Å². The highest BCUT2D eigenvalue weighted by Gasteiger charge is 2.20. The van der Waals surface area contributed by atoms with Gasteiger partial charge in [-0.15, -0.1) is 5.10 Å². The summed E-state index contributed by atoms with van der Waals surface area (Å²) in [6.45, 7) is 2.22. The Balaban J connectivity index is 2.23. The fourth-order valence-corrected chi connectivity index (χ4v) is 1.80. The minimum Gasteiger partial charge on any atom is -0.497 e. The second-order valence-electron chi connectivity index (χ2n) is 4.17. The van der Waals surface area contributed by atoms with Crippen molar-refractivity contribution < 1.29 is 19.1 Å². The number of carbonyl (C=O) groups is 2. The summed E-state index contributed by atoms with van der Waals surface area (Å²) in [7, 11) is 1.59. The molecular weight excluding hydrogens is 274 g/mol. The maximum Gasteiger partial charge on any atom is 0.361 e. The highest BCUT2D eigenvalue weighted by molar-refractivity contribution is 5.95. The van der Waals surface area contributed by atoms with E-state index in [1.807, 2.05) is 12.1 Å². The topological polar surface area (TPSA) is 83.3 Å². The van der Waals surface area contributed by atoms with Crippen LogP contribution in [-0.4, -0.2) is 41.0 Å². The summed E-state index contributed by atoms with van der Waals surface area (Å²) in [6, 6.07) is 7.30. The van der Waals surface area contributed by atoms with E-state index in [4.69, 9.17) is 9.47 Å². The van der Waals surface area contributed by atoms with Gasteiger partial charge in [-0.25, -0.2) is 9.48 Å². The first-order chi connectivity index (χ1) is 10.2. The number of rotatable bonds is 6. The van der Waals surface area contributed by atoms with Crippen LogP contribution < -0.4 is 4.74 Å². The van der Waals surface area contributed by atoms with Crippen molar-refractivity contribution in [2.75, 3.05) is 13.7 Å². The van der Waals surface area contributed by atoms with Crippen molar-refractivity contribution in [3.05, 3.63) is 41.2 Å². The average Bonchev–Trinajstić information content (AvgIpc) is 2.91.